The molecule has 0 saturated carbocycles. The lowest BCUT2D eigenvalue weighted by Gasteiger charge is -2.08. The number of esters is 1. The Balaban J connectivity index is 2.54. The van der Waals surface area contributed by atoms with Gasteiger partial charge in [0.25, 0.3) is 0 Å². The summed E-state index contributed by atoms with van der Waals surface area (Å²) in [4.78, 5) is 23.6. The van der Waals surface area contributed by atoms with Gasteiger partial charge in [0.1, 0.15) is 0 Å². The Labute approximate surface area is 110 Å². The highest BCUT2D eigenvalue weighted by Crippen LogP contribution is 2.06. The summed E-state index contributed by atoms with van der Waals surface area (Å²) in [6.45, 7) is 3.54. The van der Waals surface area contributed by atoms with E-state index in [1.807, 2.05) is 30.3 Å². The monoisotopic (exact) mass is 258 g/mol. The maximum Gasteiger partial charge on any atom is 0.362 e. The largest absolute Gasteiger partial charge is 0.461 e. The van der Waals surface area contributed by atoms with Crippen molar-refractivity contribution < 1.29 is 9.53 Å². The molecule has 98 valence electrons. The Morgan fingerprint density at radius 2 is 2.00 bits per heavy atom. The molecule has 0 radical (unpaired) electrons. The van der Waals surface area contributed by atoms with Crippen molar-refractivity contribution in [2.24, 2.45) is 0 Å². The quantitative estimate of drug-likeness (QED) is 0.786. The molecular formula is C14H14N2O3. The van der Waals surface area contributed by atoms with Gasteiger partial charge in [-0.1, -0.05) is 18.2 Å². The van der Waals surface area contributed by atoms with Crippen LogP contribution in [0.1, 0.15) is 23.0 Å². The molecule has 1 aromatic heterocycles. The average Bonchev–Trinajstić information content (AvgIpc) is 2.43. The number of rotatable bonds is 3. The van der Waals surface area contributed by atoms with Crippen molar-refractivity contribution in [2.45, 2.75) is 13.8 Å². The van der Waals surface area contributed by atoms with Crippen LogP contribution in [-0.2, 0) is 4.74 Å². The van der Waals surface area contributed by atoms with E-state index in [0.29, 0.717) is 5.56 Å². The summed E-state index contributed by atoms with van der Waals surface area (Å²) in [6.07, 6.45) is 1.60. The molecule has 0 amide bonds. The molecule has 2 rings (SSSR count). The minimum atomic E-state index is -0.694. The first-order valence-electron chi connectivity index (χ1n) is 5.96. The molecule has 0 unspecified atom stereocenters. The zero-order valence-electron chi connectivity index (χ0n) is 10.8. The van der Waals surface area contributed by atoms with E-state index in [4.69, 9.17) is 4.74 Å². The van der Waals surface area contributed by atoms with Crippen LogP contribution < -0.4 is 5.43 Å². The molecule has 0 saturated heterocycles. The molecule has 19 heavy (non-hydrogen) atoms. The molecule has 0 N–H and O–H groups in total. The molecule has 0 spiro atoms. The predicted molar refractivity (Wildman–Crippen MR) is 70.5 cm³/mol. The second-order valence-electron chi connectivity index (χ2n) is 3.99. The molecule has 5 nitrogen and oxygen atoms in total. The van der Waals surface area contributed by atoms with Gasteiger partial charge in [0, 0.05) is 11.8 Å². The molecule has 1 aromatic carbocycles. The van der Waals surface area contributed by atoms with E-state index in [0.717, 1.165) is 5.69 Å². The van der Waals surface area contributed by atoms with Gasteiger partial charge in [-0.3, -0.25) is 4.79 Å². The number of carbonyl (C=O) groups is 1. The van der Waals surface area contributed by atoms with Crippen molar-refractivity contribution in [3.05, 3.63) is 58.0 Å². The molecule has 0 aliphatic rings. The minimum Gasteiger partial charge on any atom is -0.461 e. The third-order valence-electron chi connectivity index (χ3n) is 2.59. The van der Waals surface area contributed by atoms with Crippen LogP contribution in [-0.4, -0.2) is 22.4 Å². The van der Waals surface area contributed by atoms with Gasteiger partial charge in [0.2, 0.25) is 11.1 Å². The van der Waals surface area contributed by atoms with Crippen LogP contribution in [0.25, 0.3) is 5.69 Å². The van der Waals surface area contributed by atoms with E-state index < -0.39 is 11.4 Å². The molecule has 0 aliphatic carbocycles. The summed E-state index contributed by atoms with van der Waals surface area (Å²) < 4.78 is 6.34. The number of aryl methyl sites for hydroxylation is 1. The fourth-order valence-electron chi connectivity index (χ4n) is 1.66. The number of ether oxygens (including phenoxy) is 1. The highest BCUT2D eigenvalue weighted by Gasteiger charge is 2.16. The minimum absolute atomic E-state index is 0.189. The Morgan fingerprint density at radius 3 is 2.63 bits per heavy atom. The highest BCUT2D eigenvalue weighted by molar-refractivity contribution is 5.87. The maximum absolute atomic E-state index is 11.9. The van der Waals surface area contributed by atoms with E-state index in [-0.39, 0.29) is 12.3 Å². The molecule has 0 atom stereocenters. The zero-order chi connectivity index (χ0) is 13.8. The number of aromatic nitrogens is 2. The predicted octanol–water partition coefficient (Wildman–Crippen LogP) is 1.72. The van der Waals surface area contributed by atoms with E-state index in [1.54, 1.807) is 20.0 Å². The van der Waals surface area contributed by atoms with Gasteiger partial charge in [-0.15, -0.1) is 0 Å². The Bertz CT molecular complexity index is 647. The summed E-state index contributed by atoms with van der Waals surface area (Å²) >= 11 is 0. The van der Waals surface area contributed by atoms with Crippen molar-refractivity contribution in [1.82, 2.24) is 9.78 Å². The van der Waals surface area contributed by atoms with Crippen molar-refractivity contribution >= 4 is 5.97 Å². The highest BCUT2D eigenvalue weighted by atomic mass is 16.5. The second kappa shape index (κ2) is 5.48. The van der Waals surface area contributed by atoms with Crippen molar-refractivity contribution in [3.8, 4) is 5.69 Å². The van der Waals surface area contributed by atoms with Crippen LogP contribution >= 0.6 is 0 Å². The molecule has 0 bridgehead atoms. The summed E-state index contributed by atoms with van der Waals surface area (Å²) in [7, 11) is 0. The smallest absolute Gasteiger partial charge is 0.362 e. The lowest BCUT2D eigenvalue weighted by Crippen LogP contribution is -2.25. The van der Waals surface area contributed by atoms with Crippen LogP contribution in [0.3, 0.4) is 0 Å². The third-order valence-corrected chi connectivity index (χ3v) is 2.59. The van der Waals surface area contributed by atoms with Crippen LogP contribution in [0.2, 0.25) is 0 Å². The lowest BCUT2D eigenvalue weighted by molar-refractivity contribution is 0.0515. The van der Waals surface area contributed by atoms with Gasteiger partial charge < -0.3 is 4.74 Å². The van der Waals surface area contributed by atoms with Gasteiger partial charge in [-0.25, -0.2) is 9.48 Å². The van der Waals surface area contributed by atoms with Crippen molar-refractivity contribution in [2.75, 3.05) is 6.61 Å². The van der Waals surface area contributed by atoms with Gasteiger partial charge >= 0.3 is 5.97 Å². The number of hydrogen-bond donors (Lipinski definition) is 0. The van der Waals surface area contributed by atoms with Crippen molar-refractivity contribution in [1.29, 1.82) is 0 Å². The summed E-state index contributed by atoms with van der Waals surface area (Å²) in [6, 6.07) is 9.27. The first-order chi connectivity index (χ1) is 9.13. The molecule has 0 aliphatic heterocycles. The number of benzene rings is 1. The van der Waals surface area contributed by atoms with Crippen LogP contribution in [0.5, 0.6) is 0 Å². The normalized spacial score (nSPS) is 10.2. The fourth-order valence-corrected chi connectivity index (χ4v) is 1.66. The first kappa shape index (κ1) is 13.0. The summed E-state index contributed by atoms with van der Waals surface area (Å²) in [5, 5.41) is 4.05. The first-order valence-corrected chi connectivity index (χ1v) is 5.96. The average molecular weight is 258 g/mol. The Hall–Kier alpha value is -2.43. The molecule has 5 heteroatoms. The maximum atomic E-state index is 11.9. The van der Waals surface area contributed by atoms with Crippen LogP contribution in [0.4, 0.5) is 0 Å². The van der Waals surface area contributed by atoms with Gasteiger partial charge in [-0.2, -0.15) is 5.10 Å². The number of para-hydroxylation sites is 1. The molecule has 2 aromatic rings. The Kier molecular flexibility index (Phi) is 3.75. The summed E-state index contributed by atoms with van der Waals surface area (Å²) in [5.74, 6) is -0.694. The number of carbonyl (C=O) groups excluding carboxylic acids is 1. The topological polar surface area (TPSA) is 61.2 Å². The number of hydrogen-bond acceptors (Lipinski definition) is 4. The molecule has 1 heterocycles. The van der Waals surface area contributed by atoms with Crippen LogP contribution in [0.15, 0.2) is 41.3 Å². The van der Waals surface area contributed by atoms with Gasteiger partial charge in [0.05, 0.1) is 12.3 Å². The molecule has 0 fully saturated rings. The molecular weight excluding hydrogens is 244 g/mol. The van der Waals surface area contributed by atoms with E-state index in [1.165, 1.54) is 4.68 Å². The SMILES string of the molecule is CCOC(=O)c1nn(-c2ccccc2)cc(C)c1=O. The van der Waals surface area contributed by atoms with Crippen molar-refractivity contribution in [3.63, 3.8) is 0 Å². The second-order valence-corrected chi connectivity index (χ2v) is 3.99. The van der Waals surface area contributed by atoms with Gasteiger partial charge in [-0.05, 0) is 26.0 Å². The van der Waals surface area contributed by atoms with Gasteiger partial charge in [0.15, 0.2) is 0 Å². The fraction of sp³-hybridized carbons (Fsp3) is 0.214. The zero-order valence-corrected chi connectivity index (χ0v) is 10.8. The standard InChI is InChI=1S/C14H14N2O3/c1-3-19-14(18)12-13(17)10(2)9-16(15-12)11-7-5-4-6-8-11/h4-9H,3H2,1-2H3. The van der Waals surface area contributed by atoms with Crippen LogP contribution in [0, 0.1) is 6.92 Å². The summed E-state index contributed by atoms with van der Waals surface area (Å²) in [5.41, 5.74) is 0.634. The van der Waals surface area contributed by atoms with E-state index in [9.17, 15) is 9.59 Å². The van der Waals surface area contributed by atoms with E-state index in [2.05, 4.69) is 5.10 Å². The Morgan fingerprint density at radius 1 is 1.32 bits per heavy atom. The lowest BCUT2D eigenvalue weighted by atomic mass is 10.2. The van der Waals surface area contributed by atoms with E-state index >= 15 is 0 Å². The number of nitrogens with zero attached hydrogens (tertiary/aromatic N) is 2. The third kappa shape index (κ3) is 2.70.